The molecular formula is C17H18FN3O2. The van der Waals surface area contributed by atoms with Crippen molar-refractivity contribution in [2.24, 2.45) is 0 Å². The van der Waals surface area contributed by atoms with E-state index in [1.165, 1.54) is 18.2 Å². The van der Waals surface area contributed by atoms with Crippen molar-refractivity contribution in [1.29, 1.82) is 0 Å². The van der Waals surface area contributed by atoms with Crippen LogP contribution in [0.1, 0.15) is 10.4 Å². The van der Waals surface area contributed by atoms with Gasteiger partial charge in [-0.05, 0) is 44.4 Å². The number of carbonyl (C=O) groups excluding carboxylic acids is 2. The van der Waals surface area contributed by atoms with Crippen LogP contribution in [0.2, 0.25) is 0 Å². The number of para-hydroxylation sites is 2. The SMILES string of the molecule is CN(C)CC(=O)Nc1ccccc1NC(=O)c1cccc(F)c1. The summed E-state index contributed by atoms with van der Waals surface area (Å²) < 4.78 is 13.2. The minimum absolute atomic E-state index is 0.192. The first-order valence-electron chi connectivity index (χ1n) is 7.06. The van der Waals surface area contributed by atoms with E-state index in [2.05, 4.69) is 10.6 Å². The number of likely N-dealkylation sites (N-methyl/N-ethyl adjacent to an activating group) is 1. The quantitative estimate of drug-likeness (QED) is 0.891. The zero-order valence-electron chi connectivity index (χ0n) is 13.0. The van der Waals surface area contributed by atoms with Crippen LogP contribution in [0, 0.1) is 5.82 Å². The molecule has 6 heteroatoms. The van der Waals surface area contributed by atoms with Gasteiger partial charge in [0, 0.05) is 5.56 Å². The van der Waals surface area contributed by atoms with Crippen molar-refractivity contribution in [2.45, 2.75) is 0 Å². The minimum atomic E-state index is -0.481. The van der Waals surface area contributed by atoms with Crippen LogP contribution in [0.4, 0.5) is 15.8 Å². The van der Waals surface area contributed by atoms with E-state index in [-0.39, 0.29) is 18.0 Å². The molecule has 0 saturated carbocycles. The molecular weight excluding hydrogens is 297 g/mol. The first kappa shape index (κ1) is 16.6. The first-order chi connectivity index (χ1) is 11.0. The van der Waals surface area contributed by atoms with E-state index in [4.69, 9.17) is 0 Å². The summed E-state index contributed by atoms with van der Waals surface area (Å²) in [7, 11) is 3.58. The van der Waals surface area contributed by atoms with Gasteiger partial charge in [0.1, 0.15) is 5.82 Å². The first-order valence-corrected chi connectivity index (χ1v) is 7.06. The molecule has 0 aliphatic carbocycles. The van der Waals surface area contributed by atoms with Crippen LogP contribution in [0.5, 0.6) is 0 Å². The second-order valence-corrected chi connectivity index (χ2v) is 5.30. The number of nitrogens with one attached hydrogen (secondary N) is 2. The maximum absolute atomic E-state index is 13.2. The van der Waals surface area contributed by atoms with Gasteiger partial charge in [-0.15, -0.1) is 0 Å². The molecule has 0 heterocycles. The molecule has 0 saturated heterocycles. The fourth-order valence-electron chi connectivity index (χ4n) is 2.00. The predicted octanol–water partition coefficient (Wildman–Crippen LogP) is 2.58. The Kier molecular flexibility index (Phi) is 5.43. The number of hydrogen-bond donors (Lipinski definition) is 2. The molecule has 0 aromatic heterocycles. The number of benzene rings is 2. The van der Waals surface area contributed by atoms with Crippen LogP contribution >= 0.6 is 0 Å². The highest BCUT2D eigenvalue weighted by molar-refractivity contribution is 6.07. The highest BCUT2D eigenvalue weighted by Crippen LogP contribution is 2.21. The topological polar surface area (TPSA) is 61.4 Å². The Hall–Kier alpha value is -2.73. The number of amides is 2. The number of anilines is 2. The second kappa shape index (κ2) is 7.51. The van der Waals surface area contributed by atoms with Gasteiger partial charge in [-0.2, -0.15) is 0 Å². The van der Waals surface area contributed by atoms with E-state index < -0.39 is 11.7 Å². The summed E-state index contributed by atoms with van der Waals surface area (Å²) in [5.41, 5.74) is 1.15. The smallest absolute Gasteiger partial charge is 0.255 e. The molecule has 0 bridgehead atoms. The Morgan fingerprint density at radius 3 is 2.26 bits per heavy atom. The van der Waals surface area contributed by atoms with Crippen LogP contribution < -0.4 is 10.6 Å². The molecule has 2 N–H and O–H groups in total. The molecule has 2 rings (SSSR count). The molecule has 120 valence electrons. The summed E-state index contributed by atoms with van der Waals surface area (Å²) in [5, 5.41) is 5.42. The second-order valence-electron chi connectivity index (χ2n) is 5.30. The molecule has 0 spiro atoms. The summed E-state index contributed by atoms with van der Waals surface area (Å²) in [6.45, 7) is 0.228. The summed E-state index contributed by atoms with van der Waals surface area (Å²) in [5.74, 6) is -1.12. The average molecular weight is 315 g/mol. The summed E-state index contributed by atoms with van der Waals surface area (Å²) in [6.07, 6.45) is 0. The van der Waals surface area contributed by atoms with Crippen molar-refractivity contribution >= 4 is 23.2 Å². The van der Waals surface area contributed by atoms with Gasteiger partial charge in [-0.3, -0.25) is 9.59 Å². The van der Waals surface area contributed by atoms with Gasteiger partial charge in [-0.1, -0.05) is 18.2 Å². The van der Waals surface area contributed by atoms with Gasteiger partial charge in [0.05, 0.1) is 17.9 Å². The number of halogens is 1. The molecule has 0 aliphatic rings. The molecule has 0 atom stereocenters. The third-order valence-electron chi connectivity index (χ3n) is 3.00. The van der Waals surface area contributed by atoms with Gasteiger partial charge in [0.25, 0.3) is 5.91 Å². The van der Waals surface area contributed by atoms with Crippen LogP contribution in [0.25, 0.3) is 0 Å². The van der Waals surface area contributed by atoms with Crippen molar-refractivity contribution in [1.82, 2.24) is 4.90 Å². The highest BCUT2D eigenvalue weighted by Gasteiger charge is 2.11. The van der Waals surface area contributed by atoms with Crippen LogP contribution in [-0.2, 0) is 4.79 Å². The van der Waals surface area contributed by atoms with Gasteiger partial charge >= 0.3 is 0 Å². The van der Waals surface area contributed by atoms with E-state index in [9.17, 15) is 14.0 Å². The van der Waals surface area contributed by atoms with Crippen molar-refractivity contribution < 1.29 is 14.0 Å². The maximum Gasteiger partial charge on any atom is 0.255 e. The Morgan fingerprint density at radius 1 is 1.00 bits per heavy atom. The molecule has 0 fully saturated rings. The largest absolute Gasteiger partial charge is 0.323 e. The van der Waals surface area contributed by atoms with Crippen molar-refractivity contribution in [3.63, 3.8) is 0 Å². The molecule has 0 radical (unpaired) electrons. The van der Waals surface area contributed by atoms with E-state index in [0.29, 0.717) is 11.4 Å². The van der Waals surface area contributed by atoms with Gasteiger partial charge in [0.2, 0.25) is 5.91 Å². The number of hydrogen-bond acceptors (Lipinski definition) is 3. The number of rotatable bonds is 5. The standard InChI is InChI=1S/C17H18FN3O2/c1-21(2)11-16(22)19-14-8-3-4-9-15(14)20-17(23)12-6-5-7-13(18)10-12/h3-10H,11H2,1-2H3,(H,19,22)(H,20,23). The molecule has 2 aromatic rings. The zero-order chi connectivity index (χ0) is 16.8. The van der Waals surface area contributed by atoms with Gasteiger partial charge in [0.15, 0.2) is 0 Å². The van der Waals surface area contributed by atoms with Crippen molar-refractivity contribution in [3.8, 4) is 0 Å². The predicted molar refractivity (Wildman–Crippen MR) is 88.0 cm³/mol. The third kappa shape index (κ3) is 4.89. The Bertz CT molecular complexity index is 716. The van der Waals surface area contributed by atoms with Crippen molar-refractivity contribution in [2.75, 3.05) is 31.3 Å². The molecule has 0 unspecified atom stereocenters. The van der Waals surface area contributed by atoms with Gasteiger partial charge < -0.3 is 15.5 Å². The summed E-state index contributed by atoms with van der Waals surface area (Å²) in [4.78, 5) is 25.8. The average Bonchev–Trinajstić information content (AvgIpc) is 2.48. The van der Waals surface area contributed by atoms with Crippen LogP contribution in [0.15, 0.2) is 48.5 Å². The third-order valence-corrected chi connectivity index (χ3v) is 3.00. The summed E-state index contributed by atoms with van der Waals surface area (Å²) in [6, 6.07) is 12.3. The monoisotopic (exact) mass is 315 g/mol. The Balaban J connectivity index is 2.14. The Morgan fingerprint density at radius 2 is 1.65 bits per heavy atom. The molecule has 0 aliphatic heterocycles. The zero-order valence-corrected chi connectivity index (χ0v) is 13.0. The molecule has 23 heavy (non-hydrogen) atoms. The van der Waals surface area contributed by atoms with E-state index in [1.807, 2.05) is 0 Å². The number of carbonyl (C=O) groups is 2. The van der Waals surface area contributed by atoms with Gasteiger partial charge in [-0.25, -0.2) is 4.39 Å². The van der Waals surface area contributed by atoms with E-state index in [1.54, 1.807) is 43.3 Å². The number of nitrogens with zero attached hydrogens (tertiary/aromatic N) is 1. The molecule has 2 aromatic carbocycles. The maximum atomic E-state index is 13.2. The molecule has 5 nitrogen and oxygen atoms in total. The van der Waals surface area contributed by atoms with E-state index in [0.717, 1.165) is 6.07 Å². The highest BCUT2D eigenvalue weighted by atomic mass is 19.1. The lowest BCUT2D eigenvalue weighted by molar-refractivity contribution is -0.116. The lowest BCUT2D eigenvalue weighted by atomic mass is 10.2. The van der Waals surface area contributed by atoms with Crippen molar-refractivity contribution in [3.05, 3.63) is 59.9 Å². The normalized spacial score (nSPS) is 10.4. The van der Waals surface area contributed by atoms with E-state index >= 15 is 0 Å². The fraction of sp³-hybridized carbons (Fsp3) is 0.176. The molecule has 2 amide bonds. The van der Waals surface area contributed by atoms with Crippen LogP contribution in [-0.4, -0.2) is 37.4 Å². The lowest BCUT2D eigenvalue weighted by Crippen LogP contribution is -2.27. The lowest BCUT2D eigenvalue weighted by Gasteiger charge is -2.14. The summed E-state index contributed by atoms with van der Waals surface area (Å²) >= 11 is 0. The van der Waals surface area contributed by atoms with Crippen LogP contribution in [0.3, 0.4) is 0 Å². The Labute approximate surface area is 134 Å². The fourth-order valence-corrected chi connectivity index (χ4v) is 2.00. The minimum Gasteiger partial charge on any atom is -0.323 e.